The van der Waals surface area contributed by atoms with Gasteiger partial charge in [0, 0.05) is 5.92 Å². The van der Waals surface area contributed by atoms with E-state index < -0.39 is 0 Å². The molecule has 7 nitrogen and oxygen atoms in total. The third-order valence-corrected chi connectivity index (χ3v) is 7.52. The minimum Gasteiger partial charge on any atom is -0.468 e. The SMILES string of the molecule is C=C1CCC2C3COCOC3CCC2(C)C1CCN(CC(=O)OC)CC(=O)OCC. The van der Waals surface area contributed by atoms with E-state index in [0.29, 0.717) is 43.8 Å². The van der Waals surface area contributed by atoms with E-state index in [4.69, 9.17) is 18.9 Å². The Morgan fingerprint density at radius 1 is 1.27 bits per heavy atom. The van der Waals surface area contributed by atoms with Crippen LogP contribution in [-0.2, 0) is 28.5 Å². The molecular weight excluding hydrogens is 386 g/mol. The van der Waals surface area contributed by atoms with Crippen molar-refractivity contribution in [1.82, 2.24) is 4.90 Å². The molecule has 7 heteroatoms. The van der Waals surface area contributed by atoms with Gasteiger partial charge >= 0.3 is 11.9 Å². The fourth-order valence-electron chi connectivity index (χ4n) is 6.00. The molecular formula is C23H37NO6. The highest BCUT2D eigenvalue weighted by molar-refractivity contribution is 5.74. The molecule has 0 radical (unpaired) electrons. The molecule has 5 atom stereocenters. The number of carbonyl (C=O) groups excluding carboxylic acids is 2. The van der Waals surface area contributed by atoms with Crippen LogP contribution >= 0.6 is 0 Å². The van der Waals surface area contributed by atoms with Crippen LogP contribution in [0, 0.1) is 23.2 Å². The highest BCUT2D eigenvalue weighted by atomic mass is 16.7. The van der Waals surface area contributed by atoms with Gasteiger partial charge in [0.2, 0.25) is 0 Å². The van der Waals surface area contributed by atoms with Gasteiger partial charge in [0.15, 0.2) is 0 Å². The minimum absolute atomic E-state index is 0.0844. The van der Waals surface area contributed by atoms with Gasteiger partial charge in [-0.05, 0) is 62.8 Å². The summed E-state index contributed by atoms with van der Waals surface area (Å²) in [6, 6.07) is 0. The molecule has 0 bridgehead atoms. The molecule has 0 amide bonds. The van der Waals surface area contributed by atoms with Crippen LogP contribution in [0.5, 0.6) is 0 Å². The van der Waals surface area contributed by atoms with E-state index in [1.807, 2.05) is 4.90 Å². The number of rotatable bonds is 8. The summed E-state index contributed by atoms with van der Waals surface area (Å²) >= 11 is 0. The fourth-order valence-corrected chi connectivity index (χ4v) is 6.00. The quantitative estimate of drug-likeness (QED) is 0.439. The molecule has 1 heterocycles. The third-order valence-electron chi connectivity index (χ3n) is 7.52. The first kappa shape index (κ1) is 23.2. The predicted octanol–water partition coefficient (Wildman–Crippen LogP) is 2.79. The Morgan fingerprint density at radius 3 is 2.77 bits per heavy atom. The highest BCUT2D eigenvalue weighted by Crippen LogP contribution is 2.58. The van der Waals surface area contributed by atoms with Gasteiger partial charge in [-0.2, -0.15) is 0 Å². The van der Waals surface area contributed by atoms with E-state index in [0.717, 1.165) is 38.7 Å². The lowest BCUT2D eigenvalue weighted by Gasteiger charge is -2.57. The van der Waals surface area contributed by atoms with Crippen molar-refractivity contribution in [3.63, 3.8) is 0 Å². The first-order valence-corrected chi connectivity index (χ1v) is 11.2. The second-order valence-corrected chi connectivity index (χ2v) is 9.14. The van der Waals surface area contributed by atoms with E-state index >= 15 is 0 Å². The zero-order valence-electron chi connectivity index (χ0n) is 18.7. The van der Waals surface area contributed by atoms with E-state index in [9.17, 15) is 9.59 Å². The molecule has 0 aromatic rings. The van der Waals surface area contributed by atoms with E-state index in [2.05, 4.69) is 13.5 Å². The Morgan fingerprint density at radius 2 is 2.03 bits per heavy atom. The van der Waals surface area contributed by atoms with Crippen LogP contribution in [0.4, 0.5) is 0 Å². The van der Waals surface area contributed by atoms with Crippen LogP contribution in [0.2, 0.25) is 0 Å². The van der Waals surface area contributed by atoms with Crippen molar-refractivity contribution in [1.29, 1.82) is 0 Å². The number of ether oxygens (including phenoxy) is 4. The largest absolute Gasteiger partial charge is 0.468 e. The molecule has 0 aromatic carbocycles. The van der Waals surface area contributed by atoms with Gasteiger partial charge < -0.3 is 18.9 Å². The molecule has 1 saturated heterocycles. The fraction of sp³-hybridized carbons (Fsp3) is 0.826. The van der Waals surface area contributed by atoms with Gasteiger partial charge in [-0.15, -0.1) is 0 Å². The highest BCUT2D eigenvalue weighted by Gasteiger charge is 2.53. The van der Waals surface area contributed by atoms with Crippen molar-refractivity contribution in [2.75, 3.05) is 46.8 Å². The maximum atomic E-state index is 12.0. The molecule has 170 valence electrons. The number of nitrogens with zero attached hydrogens (tertiary/aromatic N) is 1. The smallest absolute Gasteiger partial charge is 0.320 e. The molecule has 3 aliphatic rings. The Bertz CT molecular complexity index is 637. The normalized spacial score (nSPS) is 33.5. The van der Waals surface area contributed by atoms with Crippen molar-refractivity contribution < 1.29 is 28.5 Å². The number of carbonyl (C=O) groups is 2. The zero-order chi connectivity index (χ0) is 21.7. The number of allylic oxidation sites excluding steroid dienone is 1. The molecule has 3 rings (SSSR count). The lowest BCUT2D eigenvalue weighted by atomic mass is 9.50. The summed E-state index contributed by atoms with van der Waals surface area (Å²) < 4.78 is 21.5. The van der Waals surface area contributed by atoms with Gasteiger partial charge in [0.05, 0.1) is 39.5 Å². The van der Waals surface area contributed by atoms with Crippen LogP contribution in [0.15, 0.2) is 12.2 Å². The molecule has 30 heavy (non-hydrogen) atoms. The Balaban J connectivity index is 1.69. The monoisotopic (exact) mass is 423 g/mol. The summed E-state index contributed by atoms with van der Waals surface area (Å²) in [6.45, 7) is 10.9. The van der Waals surface area contributed by atoms with Crippen molar-refractivity contribution in [3.05, 3.63) is 12.2 Å². The summed E-state index contributed by atoms with van der Waals surface area (Å²) in [5, 5.41) is 0. The summed E-state index contributed by atoms with van der Waals surface area (Å²) in [5.41, 5.74) is 1.43. The topological polar surface area (TPSA) is 74.3 Å². The van der Waals surface area contributed by atoms with E-state index in [1.165, 1.54) is 12.7 Å². The molecule has 2 saturated carbocycles. The molecule has 0 spiro atoms. The van der Waals surface area contributed by atoms with Crippen LogP contribution in [-0.4, -0.2) is 69.7 Å². The van der Waals surface area contributed by atoms with Crippen molar-refractivity contribution in [2.45, 2.75) is 52.1 Å². The van der Waals surface area contributed by atoms with Gasteiger partial charge in [-0.25, -0.2) is 0 Å². The van der Waals surface area contributed by atoms with Gasteiger partial charge in [-0.1, -0.05) is 19.1 Å². The molecule has 1 aliphatic heterocycles. The number of esters is 2. The van der Waals surface area contributed by atoms with E-state index in [1.54, 1.807) is 6.92 Å². The van der Waals surface area contributed by atoms with Gasteiger partial charge in [0.1, 0.15) is 6.79 Å². The van der Waals surface area contributed by atoms with Crippen LogP contribution in [0.25, 0.3) is 0 Å². The summed E-state index contributed by atoms with van der Waals surface area (Å²) in [5.74, 6) is 0.680. The molecule has 0 aromatic heterocycles. The Labute approximate surface area is 180 Å². The molecule has 3 fully saturated rings. The third kappa shape index (κ3) is 5.06. The van der Waals surface area contributed by atoms with Gasteiger partial charge in [-0.3, -0.25) is 14.5 Å². The number of fused-ring (bicyclic) bond motifs is 3. The second-order valence-electron chi connectivity index (χ2n) is 9.14. The van der Waals surface area contributed by atoms with Crippen LogP contribution in [0.3, 0.4) is 0 Å². The average Bonchev–Trinajstić information content (AvgIpc) is 2.72. The molecule has 0 N–H and O–H groups in total. The second kappa shape index (κ2) is 10.2. The van der Waals surface area contributed by atoms with Crippen molar-refractivity contribution in [2.24, 2.45) is 23.2 Å². The average molecular weight is 424 g/mol. The molecule has 5 unspecified atom stereocenters. The summed E-state index contributed by atoms with van der Waals surface area (Å²) in [7, 11) is 1.37. The number of hydrogen-bond donors (Lipinski definition) is 0. The van der Waals surface area contributed by atoms with Crippen LogP contribution in [0.1, 0.15) is 46.0 Å². The lowest BCUT2D eigenvalue weighted by Crippen LogP contribution is -2.54. The maximum Gasteiger partial charge on any atom is 0.320 e. The number of hydrogen-bond acceptors (Lipinski definition) is 7. The lowest BCUT2D eigenvalue weighted by molar-refractivity contribution is -0.218. The maximum absolute atomic E-state index is 12.0. The van der Waals surface area contributed by atoms with Crippen molar-refractivity contribution >= 4 is 11.9 Å². The minimum atomic E-state index is -0.345. The first-order chi connectivity index (χ1) is 14.4. The predicted molar refractivity (Wildman–Crippen MR) is 112 cm³/mol. The zero-order valence-corrected chi connectivity index (χ0v) is 18.7. The molecule has 2 aliphatic carbocycles. The van der Waals surface area contributed by atoms with E-state index in [-0.39, 0.29) is 30.4 Å². The van der Waals surface area contributed by atoms with Crippen LogP contribution < -0.4 is 0 Å². The summed E-state index contributed by atoms with van der Waals surface area (Å²) in [6.07, 6.45) is 5.49. The summed E-state index contributed by atoms with van der Waals surface area (Å²) in [4.78, 5) is 25.7. The van der Waals surface area contributed by atoms with Gasteiger partial charge in [0.25, 0.3) is 0 Å². The van der Waals surface area contributed by atoms with Crippen molar-refractivity contribution in [3.8, 4) is 0 Å². The standard InChI is InChI=1S/C23H37NO6/c1-5-29-22(26)13-24(12-21(25)27-4)11-9-18-16(2)6-7-19-17-14-28-15-30-20(17)8-10-23(18,19)3/h17-20H,2,5-15H2,1,3-4H3. The Kier molecular flexibility index (Phi) is 7.93. The Hall–Kier alpha value is -1.44. The first-order valence-electron chi connectivity index (χ1n) is 11.2. The number of methoxy groups -OCH3 is 1.